The van der Waals surface area contributed by atoms with Crippen LogP contribution < -0.4 is 5.32 Å². The molecule has 0 bridgehead atoms. The maximum Gasteiger partial charge on any atom is 0.127 e. The lowest BCUT2D eigenvalue weighted by molar-refractivity contribution is 0.209. The fourth-order valence-electron chi connectivity index (χ4n) is 2.34. The number of nitrogens with one attached hydrogen (secondary N) is 1. The SMILES string of the molecule is CCNC(c1ccccc1F)C(C)CN(C)C(C)C. The third-order valence-corrected chi connectivity index (χ3v) is 3.69. The molecule has 0 aliphatic carbocycles. The Morgan fingerprint density at radius 2 is 1.84 bits per heavy atom. The zero-order chi connectivity index (χ0) is 14.4. The van der Waals surface area contributed by atoms with Crippen LogP contribution in [0.25, 0.3) is 0 Å². The lowest BCUT2D eigenvalue weighted by Crippen LogP contribution is -2.37. The predicted octanol–water partition coefficient (Wildman–Crippen LogP) is 3.45. The normalized spacial score (nSPS) is 14.9. The van der Waals surface area contributed by atoms with Gasteiger partial charge in [0.15, 0.2) is 0 Å². The van der Waals surface area contributed by atoms with Crippen molar-refractivity contribution in [2.75, 3.05) is 20.1 Å². The third-order valence-electron chi connectivity index (χ3n) is 3.69. The molecule has 2 unspecified atom stereocenters. The number of halogens is 1. The maximum absolute atomic E-state index is 14.0. The summed E-state index contributed by atoms with van der Waals surface area (Å²) in [4.78, 5) is 2.30. The number of nitrogens with zero attached hydrogens (tertiary/aromatic N) is 1. The second kappa shape index (κ2) is 7.61. The molecular formula is C16H27FN2. The minimum Gasteiger partial charge on any atom is -0.310 e. The minimum absolute atomic E-state index is 0.0624. The summed E-state index contributed by atoms with van der Waals surface area (Å²) in [5.41, 5.74) is 0.772. The number of hydrogen-bond acceptors (Lipinski definition) is 2. The first kappa shape index (κ1) is 16.1. The molecule has 1 aromatic carbocycles. The van der Waals surface area contributed by atoms with E-state index < -0.39 is 0 Å². The summed E-state index contributed by atoms with van der Waals surface area (Å²) >= 11 is 0. The molecule has 0 fully saturated rings. The summed E-state index contributed by atoms with van der Waals surface area (Å²) in [7, 11) is 2.12. The highest BCUT2D eigenvalue weighted by atomic mass is 19.1. The van der Waals surface area contributed by atoms with Crippen LogP contribution in [0.15, 0.2) is 24.3 Å². The van der Waals surface area contributed by atoms with Crippen molar-refractivity contribution in [3.05, 3.63) is 35.6 Å². The number of benzene rings is 1. The second-order valence-corrected chi connectivity index (χ2v) is 5.57. The second-order valence-electron chi connectivity index (χ2n) is 5.57. The Labute approximate surface area is 117 Å². The topological polar surface area (TPSA) is 15.3 Å². The van der Waals surface area contributed by atoms with Crippen molar-refractivity contribution in [1.29, 1.82) is 0 Å². The molecule has 0 saturated heterocycles. The van der Waals surface area contributed by atoms with Crippen LogP contribution in [0, 0.1) is 11.7 Å². The quantitative estimate of drug-likeness (QED) is 0.813. The van der Waals surface area contributed by atoms with Gasteiger partial charge >= 0.3 is 0 Å². The molecule has 0 aliphatic rings. The van der Waals surface area contributed by atoms with Crippen LogP contribution in [-0.4, -0.2) is 31.1 Å². The molecule has 1 rings (SSSR count). The fraction of sp³-hybridized carbons (Fsp3) is 0.625. The van der Waals surface area contributed by atoms with Crippen LogP contribution in [0.1, 0.15) is 39.3 Å². The molecule has 2 nitrogen and oxygen atoms in total. The van der Waals surface area contributed by atoms with Gasteiger partial charge in [-0.05, 0) is 39.4 Å². The third kappa shape index (κ3) is 4.59. The number of hydrogen-bond donors (Lipinski definition) is 1. The van der Waals surface area contributed by atoms with Gasteiger partial charge in [-0.2, -0.15) is 0 Å². The van der Waals surface area contributed by atoms with Crippen LogP contribution in [0.2, 0.25) is 0 Å². The van der Waals surface area contributed by atoms with Crippen LogP contribution in [0.5, 0.6) is 0 Å². The Morgan fingerprint density at radius 3 is 2.37 bits per heavy atom. The predicted molar refractivity (Wildman–Crippen MR) is 79.7 cm³/mol. The van der Waals surface area contributed by atoms with E-state index in [-0.39, 0.29) is 11.9 Å². The molecule has 0 amide bonds. The monoisotopic (exact) mass is 266 g/mol. The minimum atomic E-state index is -0.118. The molecule has 1 N–H and O–H groups in total. The van der Waals surface area contributed by atoms with Crippen LogP contribution in [0.3, 0.4) is 0 Å². The Kier molecular flexibility index (Phi) is 6.46. The van der Waals surface area contributed by atoms with Crippen LogP contribution in [-0.2, 0) is 0 Å². The molecule has 1 aromatic rings. The van der Waals surface area contributed by atoms with E-state index >= 15 is 0 Å². The Bertz CT molecular complexity index is 379. The summed E-state index contributed by atoms with van der Waals surface area (Å²) in [6.07, 6.45) is 0. The van der Waals surface area contributed by atoms with Gasteiger partial charge in [0.25, 0.3) is 0 Å². The van der Waals surface area contributed by atoms with Gasteiger partial charge in [-0.25, -0.2) is 4.39 Å². The van der Waals surface area contributed by atoms with Gasteiger partial charge in [0.1, 0.15) is 5.82 Å². The summed E-state index contributed by atoms with van der Waals surface area (Å²) in [6, 6.07) is 7.64. The van der Waals surface area contributed by atoms with Gasteiger partial charge in [-0.3, -0.25) is 0 Å². The van der Waals surface area contributed by atoms with E-state index in [1.165, 1.54) is 0 Å². The summed E-state index contributed by atoms with van der Waals surface area (Å²) in [5, 5.41) is 3.42. The van der Waals surface area contributed by atoms with Gasteiger partial charge in [-0.1, -0.05) is 32.0 Å². The molecule has 0 spiro atoms. The average Bonchev–Trinajstić information content (AvgIpc) is 2.36. The van der Waals surface area contributed by atoms with Crippen LogP contribution >= 0.6 is 0 Å². The number of rotatable bonds is 7. The molecular weight excluding hydrogens is 239 g/mol. The molecule has 3 heteroatoms. The van der Waals surface area contributed by atoms with E-state index in [1.807, 2.05) is 12.1 Å². The van der Waals surface area contributed by atoms with E-state index in [9.17, 15) is 4.39 Å². The first-order chi connectivity index (χ1) is 8.97. The molecule has 0 aliphatic heterocycles. The average molecular weight is 266 g/mol. The van der Waals surface area contributed by atoms with Crippen molar-refractivity contribution in [2.24, 2.45) is 5.92 Å². The van der Waals surface area contributed by atoms with E-state index in [4.69, 9.17) is 0 Å². The molecule has 0 radical (unpaired) electrons. The van der Waals surface area contributed by atoms with Crippen molar-refractivity contribution in [3.63, 3.8) is 0 Å². The molecule has 0 heterocycles. The highest BCUT2D eigenvalue weighted by Crippen LogP contribution is 2.25. The Balaban J connectivity index is 2.85. The standard InChI is InChI=1S/C16H27FN2/c1-6-18-16(13(4)11-19(5)12(2)3)14-9-7-8-10-15(14)17/h7-10,12-13,16,18H,6,11H2,1-5H3. The summed E-state index contributed by atoms with van der Waals surface area (Å²) < 4.78 is 14.0. The highest BCUT2D eigenvalue weighted by Gasteiger charge is 2.22. The van der Waals surface area contributed by atoms with Crippen LogP contribution in [0.4, 0.5) is 4.39 Å². The molecule has 108 valence electrons. The zero-order valence-corrected chi connectivity index (χ0v) is 12.8. The van der Waals surface area contributed by atoms with E-state index in [1.54, 1.807) is 12.1 Å². The van der Waals surface area contributed by atoms with E-state index in [2.05, 4.69) is 45.0 Å². The Morgan fingerprint density at radius 1 is 1.21 bits per heavy atom. The Hall–Kier alpha value is -0.930. The van der Waals surface area contributed by atoms with Crippen molar-refractivity contribution >= 4 is 0 Å². The first-order valence-corrected chi connectivity index (χ1v) is 7.15. The van der Waals surface area contributed by atoms with Crippen molar-refractivity contribution in [1.82, 2.24) is 10.2 Å². The zero-order valence-electron chi connectivity index (χ0n) is 12.8. The lowest BCUT2D eigenvalue weighted by Gasteiger charge is -2.31. The van der Waals surface area contributed by atoms with E-state index in [0.717, 1.165) is 18.7 Å². The van der Waals surface area contributed by atoms with Gasteiger partial charge in [0.05, 0.1) is 0 Å². The molecule has 2 atom stereocenters. The molecule has 19 heavy (non-hydrogen) atoms. The van der Waals surface area contributed by atoms with Gasteiger partial charge in [-0.15, -0.1) is 0 Å². The lowest BCUT2D eigenvalue weighted by atomic mass is 9.93. The fourth-order valence-corrected chi connectivity index (χ4v) is 2.34. The summed E-state index contributed by atoms with van der Waals surface area (Å²) in [5.74, 6) is 0.233. The van der Waals surface area contributed by atoms with Crippen molar-refractivity contribution in [3.8, 4) is 0 Å². The van der Waals surface area contributed by atoms with E-state index in [0.29, 0.717) is 12.0 Å². The van der Waals surface area contributed by atoms with Crippen molar-refractivity contribution in [2.45, 2.75) is 39.8 Å². The van der Waals surface area contributed by atoms with Gasteiger partial charge < -0.3 is 10.2 Å². The maximum atomic E-state index is 14.0. The smallest absolute Gasteiger partial charge is 0.127 e. The van der Waals surface area contributed by atoms with Crippen molar-refractivity contribution < 1.29 is 4.39 Å². The first-order valence-electron chi connectivity index (χ1n) is 7.15. The van der Waals surface area contributed by atoms with Gasteiger partial charge in [0.2, 0.25) is 0 Å². The summed E-state index contributed by atoms with van der Waals surface area (Å²) in [6.45, 7) is 10.4. The molecule has 0 saturated carbocycles. The largest absolute Gasteiger partial charge is 0.310 e. The van der Waals surface area contributed by atoms with Gasteiger partial charge in [0, 0.05) is 24.2 Å². The highest BCUT2D eigenvalue weighted by molar-refractivity contribution is 5.22. The molecule has 0 aromatic heterocycles.